The van der Waals surface area contributed by atoms with Crippen molar-refractivity contribution < 1.29 is 9.90 Å². The molecule has 2 amide bonds. The molecule has 0 aliphatic rings. The zero-order valence-electron chi connectivity index (χ0n) is 11.2. The van der Waals surface area contributed by atoms with Gasteiger partial charge in [-0.05, 0) is 23.5 Å². The fourth-order valence-corrected chi connectivity index (χ4v) is 1.58. The smallest absolute Gasteiger partial charge is 0.315 e. The Hall–Kier alpha value is -1.33. The summed E-state index contributed by atoms with van der Waals surface area (Å²) in [6, 6.07) is 3.26. The summed E-state index contributed by atoms with van der Waals surface area (Å²) in [5.74, 6) is 0. The molecule has 0 atom stereocenters. The fraction of sp³-hybridized carbons (Fsp3) is 0.538. The van der Waals surface area contributed by atoms with E-state index < -0.39 is 0 Å². The van der Waals surface area contributed by atoms with Crippen LogP contribution in [0.25, 0.3) is 0 Å². The van der Waals surface area contributed by atoms with Gasteiger partial charge in [0, 0.05) is 25.9 Å². The van der Waals surface area contributed by atoms with E-state index in [9.17, 15) is 4.79 Å². The van der Waals surface area contributed by atoms with Crippen molar-refractivity contribution in [2.45, 2.75) is 26.8 Å². The van der Waals surface area contributed by atoms with Crippen molar-refractivity contribution in [2.75, 3.05) is 13.2 Å². The number of carbonyl (C=O) groups is 1. The number of rotatable bonds is 6. The van der Waals surface area contributed by atoms with E-state index in [4.69, 9.17) is 16.7 Å². The Balaban J connectivity index is 2.30. The van der Waals surface area contributed by atoms with Gasteiger partial charge in [-0.2, -0.15) is 0 Å². The molecule has 19 heavy (non-hydrogen) atoms. The fourth-order valence-electron chi connectivity index (χ4n) is 1.47. The molecule has 5 nitrogen and oxygen atoms in total. The van der Waals surface area contributed by atoms with E-state index in [0.29, 0.717) is 24.7 Å². The summed E-state index contributed by atoms with van der Waals surface area (Å²) < 4.78 is 0. The second-order valence-corrected chi connectivity index (χ2v) is 5.55. The topological polar surface area (TPSA) is 74.2 Å². The lowest BCUT2D eigenvalue weighted by Crippen LogP contribution is -2.40. The molecule has 0 radical (unpaired) electrons. The van der Waals surface area contributed by atoms with Crippen molar-refractivity contribution in [1.82, 2.24) is 15.6 Å². The molecule has 0 fully saturated rings. The number of aliphatic hydroxyl groups is 1. The quantitative estimate of drug-likeness (QED) is 0.699. The van der Waals surface area contributed by atoms with Crippen molar-refractivity contribution in [2.24, 2.45) is 5.41 Å². The van der Waals surface area contributed by atoms with E-state index >= 15 is 0 Å². The number of hydrogen-bond acceptors (Lipinski definition) is 3. The lowest BCUT2D eigenvalue weighted by Gasteiger charge is -2.23. The number of hydrogen-bond donors (Lipinski definition) is 3. The first-order valence-corrected chi connectivity index (χ1v) is 6.54. The van der Waals surface area contributed by atoms with Gasteiger partial charge >= 0.3 is 6.03 Å². The monoisotopic (exact) mass is 285 g/mol. The number of carbonyl (C=O) groups excluding carboxylic acids is 1. The molecule has 6 heteroatoms. The molecule has 0 unspecified atom stereocenters. The summed E-state index contributed by atoms with van der Waals surface area (Å²) in [5, 5.41) is 14.8. The zero-order chi connectivity index (χ0) is 14.3. The summed E-state index contributed by atoms with van der Waals surface area (Å²) >= 11 is 5.67. The molecule has 0 spiro atoms. The van der Waals surface area contributed by atoms with Crippen LogP contribution in [0.4, 0.5) is 4.79 Å². The number of nitrogens with one attached hydrogen (secondary N) is 2. The van der Waals surface area contributed by atoms with Crippen LogP contribution in [-0.4, -0.2) is 29.3 Å². The third-order valence-corrected chi connectivity index (χ3v) is 2.98. The molecular formula is C13H20ClN3O2. The van der Waals surface area contributed by atoms with Gasteiger partial charge in [-0.15, -0.1) is 0 Å². The maximum absolute atomic E-state index is 11.6. The number of pyridine rings is 1. The minimum atomic E-state index is -0.235. The summed E-state index contributed by atoms with van der Waals surface area (Å²) in [7, 11) is 0. The van der Waals surface area contributed by atoms with Crippen molar-refractivity contribution in [3.63, 3.8) is 0 Å². The van der Waals surface area contributed by atoms with Crippen molar-refractivity contribution in [1.29, 1.82) is 0 Å². The number of nitrogens with zero attached hydrogens (tertiary/aromatic N) is 1. The standard InChI is InChI=1S/C13H20ClN3O2/c1-13(2,5-6-18)9-17-12(19)16-8-10-3-4-11(14)15-7-10/h3-4,7,18H,5-6,8-9H2,1-2H3,(H2,16,17,19). The van der Waals surface area contributed by atoms with Gasteiger partial charge in [0.05, 0.1) is 0 Å². The van der Waals surface area contributed by atoms with E-state index in [1.54, 1.807) is 12.3 Å². The number of aromatic nitrogens is 1. The predicted molar refractivity (Wildman–Crippen MR) is 75.0 cm³/mol. The predicted octanol–water partition coefficient (Wildman–Crippen LogP) is 1.94. The summed E-state index contributed by atoms with van der Waals surface area (Å²) in [5.41, 5.74) is 0.766. The van der Waals surface area contributed by atoms with Gasteiger partial charge in [0.2, 0.25) is 0 Å². The minimum Gasteiger partial charge on any atom is -0.396 e. The highest BCUT2D eigenvalue weighted by atomic mass is 35.5. The first-order chi connectivity index (χ1) is 8.93. The van der Waals surface area contributed by atoms with Gasteiger partial charge in [0.25, 0.3) is 0 Å². The Bertz CT molecular complexity index is 407. The van der Waals surface area contributed by atoms with E-state index in [1.165, 1.54) is 0 Å². The molecule has 0 saturated carbocycles. The first-order valence-electron chi connectivity index (χ1n) is 6.16. The molecule has 1 aromatic rings. The summed E-state index contributed by atoms with van der Waals surface area (Å²) in [6.45, 7) is 5.01. The number of urea groups is 1. The third-order valence-electron chi connectivity index (χ3n) is 2.76. The average Bonchev–Trinajstić information content (AvgIpc) is 2.36. The minimum absolute atomic E-state index is 0.117. The molecule has 1 heterocycles. The molecule has 106 valence electrons. The Labute approximate surface area is 118 Å². The van der Waals surface area contributed by atoms with Gasteiger partial charge in [-0.1, -0.05) is 31.5 Å². The molecule has 0 bridgehead atoms. The second kappa shape index (κ2) is 7.31. The van der Waals surface area contributed by atoms with Crippen LogP contribution in [0.2, 0.25) is 5.15 Å². The van der Waals surface area contributed by atoms with Crippen LogP contribution < -0.4 is 10.6 Å². The SMILES string of the molecule is CC(C)(CCO)CNC(=O)NCc1ccc(Cl)nc1. The van der Waals surface area contributed by atoms with Gasteiger partial charge in [0.15, 0.2) is 0 Å². The van der Waals surface area contributed by atoms with Crippen LogP contribution in [0.5, 0.6) is 0 Å². The molecule has 3 N–H and O–H groups in total. The molecule has 1 aromatic heterocycles. The highest BCUT2D eigenvalue weighted by Gasteiger charge is 2.17. The van der Waals surface area contributed by atoms with E-state index in [0.717, 1.165) is 5.56 Å². The van der Waals surface area contributed by atoms with Gasteiger partial charge in [-0.3, -0.25) is 0 Å². The van der Waals surface area contributed by atoms with E-state index in [-0.39, 0.29) is 18.1 Å². The van der Waals surface area contributed by atoms with Crippen LogP contribution in [0.15, 0.2) is 18.3 Å². The largest absolute Gasteiger partial charge is 0.396 e. The normalized spacial score (nSPS) is 11.2. The third kappa shape index (κ3) is 6.40. The van der Waals surface area contributed by atoms with Crippen molar-refractivity contribution >= 4 is 17.6 Å². The molecule has 0 aliphatic carbocycles. The van der Waals surface area contributed by atoms with Crippen LogP contribution in [0.3, 0.4) is 0 Å². The Morgan fingerprint density at radius 3 is 2.74 bits per heavy atom. The lowest BCUT2D eigenvalue weighted by atomic mass is 9.90. The van der Waals surface area contributed by atoms with Crippen LogP contribution in [0, 0.1) is 5.41 Å². The summed E-state index contributed by atoms with van der Waals surface area (Å²) in [6.07, 6.45) is 2.27. The first kappa shape index (κ1) is 15.7. The maximum atomic E-state index is 11.6. The Morgan fingerprint density at radius 1 is 1.42 bits per heavy atom. The maximum Gasteiger partial charge on any atom is 0.315 e. The van der Waals surface area contributed by atoms with Gasteiger partial charge in [0.1, 0.15) is 5.15 Å². The number of halogens is 1. The zero-order valence-corrected chi connectivity index (χ0v) is 12.0. The van der Waals surface area contributed by atoms with Gasteiger partial charge in [-0.25, -0.2) is 9.78 Å². The lowest BCUT2D eigenvalue weighted by molar-refractivity contribution is 0.201. The van der Waals surface area contributed by atoms with E-state index in [1.807, 2.05) is 19.9 Å². The molecule has 1 rings (SSSR count). The highest BCUT2D eigenvalue weighted by molar-refractivity contribution is 6.29. The molecule has 0 aromatic carbocycles. The highest BCUT2D eigenvalue weighted by Crippen LogP contribution is 2.17. The van der Waals surface area contributed by atoms with Crippen LogP contribution in [-0.2, 0) is 6.54 Å². The van der Waals surface area contributed by atoms with E-state index in [2.05, 4.69) is 15.6 Å². The summed E-state index contributed by atoms with van der Waals surface area (Å²) in [4.78, 5) is 15.5. The van der Waals surface area contributed by atoms with Crippen LogP contribution >= 0.6 is 11.6 Å². The molecule has 0 aliphatic heterocycles. The van der Waals surface area contributed by atoms with Crippen molar-refractivity contribution in [3.8, 4) is 0 Å². The molecular weight excluding hydrogens is 266 g/mol. The Morgan fingerprint density at radius 2 is 2.16 bits per heavy atom. The number of aliphatic hydroxyl groups excluding tert-OH is 1. The van der Waals surface area contributed by atoms with Crippen LogP contribution in [0.1, 0.15) is 25.8 Å². The molecule has 0 saturated heterocycles. The average molecular weight is 286 g/mol. The van der Waals surface area contributed by atoms with Crippen molar-refractivity contribution in [3.05, 3.63) is 29.0 Å². The van der Waals surface area contributed by atoms with Gasteiger partial charge < -0.3 is 15.7 Å². The Kier molecular flexibility index (Phi) is 6.05. The number of amides is 2. The second-order valence-electron chi connectivity index (χ2n) is 5.16.